The topological polar surface area (TPSA) is 53.9 Å². The standard InChI is InChI=1S/C24H23F6N5S/c1-2-14-36-22-33-19-10-13-35(21-18(24(28,29)30)4-3-11-31-21)12-9-17(19)20(34-22)32-16-7-5-15(6-8-16)23(25,26)27/h3-8,11H,2,9-10,12-14H2,1H3,(H,32,33,34). The number of halogens is 6. The van der Waals surface area contributed by atoms with Crippen molar-refractivity contribution in [1.82, 2.24) is 15.0 Å². The van der Waals surface area contributed by atoms with Gasteiger partial charge in [-0.05, 0) is 49.2 Å². The number of aromatic nitrogens is 3. The smallest absolute Gasteiger partial charge is 0.355 e. The van der Waals surface area contributed by atoms with E-state index >= 15 is 0 Å². The third-order valence-electron chi connectivity index (χ3n) is 5.62. The number of hydrogen-bond acceptors (Lipinski definition) is 6. The van der Waals surface area contributed by atoms with Gasteiger partial charge < -0.3 is 10.2 Å². The fraction of sp³-hybridized carbons (Fsp3) is 0.375. The van der Waals surface area contributed by atoms with Crippen molar-refractivity contribution >= 4 is 29.1 Å². The van der Waals surface area contributed by atoms with Crippen LogP contribution in [0.2, 0.25) is 0 Å². The molecule has 1 aliphatic heterocycles. The Morgan fingerprint density at radius 1 is 0.944 bits per heavy atom. The highest BCUT2D eigenvalue weighted by atomic mass is 32.2. The molecule has 36 heavy (non-hydrogen) atoms. The van der Waals surface area contributed by atoms with E-state index in [9.17, 15) is 26.3 Å². The Hall–Kier alpha value is -3.02. The Bertz CT molecular complexity index is 1200. The number of pyridine rings is 1. The van der Waals surface area contributed by atoms with Crippen LogP contribution in [0.25, 0.3) is 0 Å². The zero-order valence-electron chi connectivity index (χ0n) is 19.2. The Morgan fingerprint density at radius 3 is 2.33 bits per heavy atom. The summed E-state index contributed by atoms with van der Waals surface area (Å²) in [5.41, 5.74) is 0.276. The molecule has 0 bridgehead atoms. The van der Waals surface area contributed by atoms with Crippen LogP contribution in [0.5, 0.6) is 0 Å². The molecule has 0 atom stereocenters. The molecule has 0 saturated carbocycles. The maximum Gasteiger partial charge on any atom is 0.419 e. The third kappa shape index (κ3) is 6.03. The number of fused-ring (bicyclic) bond motifs is 1. The number of nitrogens with one attached hydrogen (secondary N) is 1. The zero-order valence-corrected chi connectivity index (χ0v) is 20.1. The molecule has 4 rings (SSSR count). The van der Waals surface area contributed by atoms with E-state index < -0.39 is 23.5 Å². The molecule has 192 valence electrons. The van der Waals surface area contributed by atoms with Crippen molar-refractivity contribution in [2.24, 2.45) is 0 Å². The highest BCUT2D eigenvalue weighted by molar-refractivity contribution is 7.99. The van der Waals surface area contributed by atoms with Crippen LogP contribution in [0.4, 0.5) is 43.7 Å². The minimum absolute atomic E-state index is 0.136. The lowest BCUT2D eigenvalue weighted by molar-refractivity contribution is -0.138. The van der Waals surface area contributed by atoms with Crippen LogP contribution in [0, 0.1) is 0 Å². The molecule has 2 aromatic heterocycles. The third-order valence-corrected chi connectivity index (χ3v) is 6.68. The van der Waals surface area contributed by atoms with Crippen LogP contribution in [-0.4, -0.2) is 33.8 Å². The van der Waals surface area contributed by atoms with Crippen LogP contribution in [0.15, 0.2) is 47.8 Å². The normalized spacial score (nSPS) is 14.4. The first-order valence-electron chi connectivity index (χ1n) is 11.3. The first kappa shape index (κ1) is 26.1. The molecule has 5 nitrogen and oxygen atoms in total. The molecule has 3 aromatic rings. The largest absolute Gasteiger partial charge is 0.419 e. The van der Waals surface area contributed by atoms with Crippen molar-refractivity contribution in [3.8, 4) is 0 Å². The predicted molar refractivity (Wildman–Crippen MR) is 127 cm³/mol. The van der Waals surface area contributed by atoms with Gasteiger partial charge in [0, 0.05) is 42.7 Å². The van der Waals surface area contributed by atoms with Gasteiger partial charge in [0.2, 0.25) is 0 Å². The monoisotopic (exact) mass is 527 g/mol. The lowest BCUT2D eigenvalue weighted by Gasteiger charge is -2.24. The second kappa shape index (κ2) is 10.5. The molecule has 1 aliphatic rings. The van der Waals surface area contributed by atoms with Crippen LogP contribution in [-0.2, 0) is 25.2 Å². The lowest BCUT2D eigenvalue weighted by atomic mass is 10.1. The number of hydrogen-bond donors (Lipinski definition) is 1. The summed E-state index contributed by atoms with van der Waals surface area (Å²) in [6.07, 6.45) is -6.06. The molecule has 3 heterocycles. The molecule has 1 aromatic carbocycles. The number of nitrogens with zero attached hydrogens (tertiary/aromatic N) is 4. The first-order chi connectivity index (χ1) is 17.1. The summed E-state index contributed by atoms with van der Waals surface area (Å²) in [6.45, 7) is 2.54. The Morgan fingerprint density at radius 2 is 1.67 bits per heavy atom. The fourth-order valence-electron chi connectivity index (χ4n) is 3.90. The summed E-state index contributed by atoms with van der Waals surface area (Å²) in [4.78, 5) is 14.8. The fourth-order valence-corrected chi connectivity index (χ4v) is 4.62. The van der Waals surface area contributed by atoms with Gasteiger partial charge in [0.25, 0.3) is 0 Å². The van der Waals surface area contributed by atoms with Gasteiger partial charge in [-0.2, -0.15) is 26.3 Å². The van der Waals surface area contributed by atoms with Gasteiger partial charge in [-0.15, -0.1) is 0 Å². The van der Waals surface area contributed by atoms with Crippen LogP contribution >= 0.6 is 11.8 Å². The molecule has 0 radical (unpaired) electrons. The molecule has 0 aliphatic carbocycles. The van der Waals surface area contributed by atoms with E-state index in [0.717, 1.165) is 35.9 Å². The average Bonchev–Trinajstić information content (AvgIpc) is 3.05. The van der Waals surface area contributed by atoms with Crippen molar-refractivity contribution in [1.29, 1.82) is 0 Å². The molecule has 0 spiro atoms. The minimum Gasteiger partial charge on any atom is -0.355 e. The molecule has 0 unspecified atom stereocenters. The van der Waals surface area contributed by atoms with Gasteiger partial charge in [-0.25, -0.2) is 15.0 Å². The van der Waals surface area contributed by atoms with Crippen LogP contribution in [0.1, 0.15) is 35.7 Å². The minimum atomic E-state index is -4.54. The molecule has 0 fully saturated rings. The molecule has 1 N–H and O–H groups in total. The van der Waals surface area contributed by atoms with Gasteiger partial charge in [0.05, 0.1) is 16.8 Å². The average molecular weight is 528 g/mol. The first-order valence-corrected chi connectivity index (χ1v) is 12.3. The van der Waals surface area contributed by atoms with Gasteiger partial charge in [0.15, 0.2) is 5.16 Å². The van der Waals surface area contributed by atoms with Crippen molar-refractivity contribution in [3.63, 3.8) is 0 Å². The summed E-state index contributed by atoms with van der Waals surface area (Å²) in [5, 5.41) is 3.61. The summed E-state index contributed by atoms with van der Waals surface area (Å²) in [5.74, 6) is 1.08. The van der Waals surface area contributed by atoms with Crippen molar-refractivity contribution in [2.75, 3.05) is 29.1 Å². The number of alkyl halides is 6. The SMILES string of the molecule is CCCSc1nc2c(c(Nc3ccc(C(F)(F)F)cc3)n1)CCN(c1ncccc1C(F)(F)F)CC2. The molecular weight excluding hydrogens is 504 g/mol. The second-order valence-corrected chi connectivity index (χ2v) is 9.25. The highest BCUT2D eigenvalue weighted by Crippen LogP contribution is 2.37. The number of rotatable bonds is 6. The highest BCUT2D eigenvalue weighted by Gasteiger charge is 2.36. The van der Waals surface area contributed by atoms with E-state index in [-0.39, 0.29) is 18.9 Å². The summed E-state index contributed by atoms with van der Waals surface area (Å²) in [7, 11) is 0. The zero-order chi connectivity index (χ0) is 25.9. The van der Waals surface area contributed by atoms with E-state index in [0.29, 0.717) is 35.2 Å². The van der Waals surface area contributed by atoms with Gasteiger partial charge in [-0.3, -0.25) is 0 Å². The molecule has 0 amide bonds. The number of thioether (sulfide) groups is 1. The van der Waals surface area contributed by atoms with Crippen LogP contribution < -0.4 is 10.2 Å². The molecule has 0 saturated heterocycles. The van der Waals surface area contributed by atoms with E-state index in [2.05, 4.69) is 20.3 Å². The lowest BCUT2D eigenvalue weighted by Crippen LogP contribution is -2.29. The summed E-state index contributed by atoms with van der Waals surface area (Å²) in [6, 6.07) is 6.88. The second-order valence-electron chi connectivity index (χ2n) is 8.19. The molecule has 12 heteroatoms. The van der Waals surface area contributed by atoms with Crippen LogP contribution in [0.3, 0.4) is 0 Å². The quantitative estimate of drug-likeness (QED) is 0.217. The van der Waals surface area contributed by atoms with Gasteiger partial charge in [0.1, 0.15) is 11.6 Å². The Kier molecular flexibility index (Phi) is 7.62. The maximum absolute atomic E-state index is 13.6. The van der Waals surface area contributed by atoms with E-state index in [4.69, 9.17) is 0 Å². The van der Waals surface area contributed by atoms with E-state index in [1.807, 2.05) is 6.92 Å². The Balaban J connectivity index is 1.65. The van der Waals surface area contributed by atoms with Gasteiger partial charge in [-0.1, -0.05) is 18.7 Å². The summed E-state index contributed by atoms with van der Waals surface area (Å²) >= 11 is 1.45. The maximum atomic E-state index is 13.6. The van der Waals surface area contributed by atoms with E-state index in [1.54, 1.807) is 4.90 Å². The molecular formula is C24H23F6N5S. The van der Waals surface area contributed by atoms with Crippen molar-refractivity contribution in [2.45, 2.75) is 43.7 Å². The van der Waals surface area contributed by atoms with Crippen molar-refractivity contribution < 1.29 is 26.3 Å². The number of anilines is 3. The summed E-state index contributed by atoms with van der Waals surface area (Å²) < 4.78 is 79.6. The van der Waals surface area contributed by atoms with E-state index in [1.165, 1.54) is 36.2 Å². The van der Waals surface area contributed by atoms with Gasteiger partial charge >= 0.3 is 12.4 Å². The van der Waals surface area contributed by atoms with Crippen molar-refractivity contribution in [3.05, 3.63) is 65.0 Å². The number of benzene rings is 1. The Labute approximate surface area is 208 Å². The predicted octanol–water partition coefficient (Wildman–Crippen LogP) is 6.76.